The number of rotatable bonds is 6. The SMILES string of the molecule is CSc1ccc(C[NH+](C)[C@@H](C)C(=O)c2c[nH]c3ccccc23)cc1. The standard InChI is InChI=1S/C20H22N2OS/c1-14(22(2)13-15-8-10-16(24-3)11-9-15)20(23)18-12-21-19-7-5-4-6-17(18)19/h4-12,14,21H,13H2,1-3H3/p+1/t14-/m0/s1. The van der Waals surface area contributed by atoms with Gasteiger partial charge in [0.2, 0.25) is 5.78 Å². The van der Waals surface area contributed by atoms with Crippen LogP contribution in [0.3, 0.4) is 0 Å². The average molecular weight is 339 g/mol. The number of benzene rings is 2. The smallest absolute Gasteiger partial charge is 0.221 e. The number of aromatic amines is 1. The molecule has 1 unspecified atom stereocenters. The van der Waals surface area contributed by atoms with Gasteiger partial charge in [-0.1, -0.05) is 30.3 Å². The lowest BCUT2D eigenvalue weighted by atomic mass is 10.0. The summed E-state index contributed by atoms with van der Waals surface area (Å²) in [7, 11) is 2.08. The zero-order chi connectivity index (χ0) is 17.1. The number of aromatic nitrogens is 1. The first kappa shape index (κ1) is 16.8. The van der Waals surface area contributed by atoms with Crippen molar-refractivity contribution < 1.29 is 9.69 Å². The van der Waals surface area contributed by atoms with E-state index in [4.69, 9.17) is 0 Å². The van der Waals surface area contributed by atoms with Crippen molar-refractivity contribution in [3.63, 3.8) is 0 Å². The Bertz CT molecular complexity index is 838. The maximum atomic E-state index is 12.9. The molecule has 4 heteroatoms. The number of ketones is 1. The molecular weight excluding hydrogens is 316 g/mol. The predicted octanol–water partition coefficient (Wildman–Crippen LogP) is 3.18. The number of quaternary nitrogens is 1. The Balaban J connectivity index is 1.74. The first-order valence-corrected chi connectivity index (χ1v) is 9.38. The summed E-state index contributed by atoms with van der Waals surface area (Å²) in [4.78, 5) is 18.6. The van der Waals surface area contributed by atoms with Gasteiger partial charge < -0.3 is 9.88 Å². The predicted molar refractivity (Wildman–Crippen MR) is 101 cm³/mol. The molecule has 0 bridgehead atoms. The molecule has 0 saturated carbocycles. The number of thioether (sulfide) groups is 1. The summed E-state index contributed by atoms with van der Waals surface area (Å²) in [6.07, 6.45) is 3.92. The van der Waals surface area contributed by atoms with Gasteiger partial charge in [-0.25, -0.2) is 0 Å². The fraction of sp³-hybridized carbons (Fsp3) is 0.250. The third-order valence-electron chi connectivity index (χ3n) is 4.63. The van der Waals surface area contributed by atoms with Gasteiger partial charge in [0.15, 0.2) is 0 Å². The van der Waals surface area contributed by atoms with Gasteiger partial charge >= 0.3 is 0 Å². The Morgan fingerprint density at radius 3 is 2.58 bits per heavy atom. The van der Waals surface area contributed by atoms with Crippen LogP contribution < -0.4 is 4.90 Å². The third-order valence-corrected chi connectivity index (χ3v) is 5.37. The summed E-state index contributed by atoms with van der Waals surface area (Å²) < 4.78 is 0. The van der Waals surface area contributed by atoms with E-state index in [1.54, 1.807) is 11.8 Å². The molecule has 0 aliphatic carbocycles. The van der Waals surface area contributed by atoms with E-state index in [0.29, 0.717) is 0 Å². The van der Waals surface area contributed by atoms with Crippen LogP contribution in [0.25, 0.3) is 10.9 Å². The van der Waals surface area contributed by atoms with Crippen LogP contribution in [0.4, 0.5) is 0 Å². The molecule has 1 heterocycles. The minimum Gasteiger partial charge on any atom is -0.360 e. The van der Waals surface area contributed by atoms with Crippen LogP contribution in [-0.4, -0.2) is 30.1 Å². The van der Waals surface area contributed by atoms with Gasteiger partial charge in [-0.05, 0) is 31.4 Å². The van der Waals surface area contributed by atoms with Crippen LogP contribution >= 0.6 is 11.8 Å². The molecule has 0 amide bonds. The zero-order valence-corrected chi connectivity index (χ0v) is 15.1. The second-order valence-electron chi connectivity index (χ2n) is 6.21. The fourth-order valence-corrected chi connectivity index (χ4v) is 3.36. The van der Waals surface area contributed by atoms with Crippen molar-refractivity contribution in [3.05, 3.63) is 65.9 Å². The number of nitrogens with one attached hydrogen (secondary N) is 2. The van der Waals surface area contributed by atoms with Gasteiger partial charge in [-0.15, -0.1) is 11.8 Å². The first-order valence-electron chi connectivity index (χ1n) is 8.15. The number of fused-ring (bicyclic) bond motifs is 1. The largest absolute Gasteiger partial charge is 0.360 e. The Morgan fingerprint density at radius 2 is 1.88 bits per heavy atom. The summed E-state index contributed by atoms with van der Waals surface area (Å²) in [5.41, 5.74) is 3.05. The number of carbonyl (C=O) groups is 1. The first-order chi connectivity index (χ1) is 11.6. The maximum absolute atomic E-state index is 12.9. The number of Topliss-reactive ketones (excluding diaryl/α,β-unsaturated/α-hetero) is 1. The van der Waals surface area contributed by atoms with E-state index in [1.165, 1.54) is 15.4 Å². The molecular formula is C20H23N2OS+. The molecule has 2 N–H and O–H groups in total. The average Bonchev–Trinajstić information content (AvgIpc) is 3.05. The lowest BCUT2D eigenvalue weighted by Crippen LogP contribution is -3.12. The number of likely N-dealkylation sites (N-methyl/N-ethyl adjacent to an activating group) is 1. The minimum atomic E-state index is -0.0931. The van der Waals surface area contributed by atoms with Crippen molar-refractivity contribution in [1.82, 2.24) is 4.98 Å². The lowest BCUT2D eigenvalue weighted by molar-refractivity contribution is -0.907. The molecule has 3 aromatic rings. The van der Waals surface area contributed by atoms with Gasteiger partial charge in [-0.3, -0.25) is 4.79 Å². The second-order valence-corrected chi connectivity index (χ2v) is 7.08. The van der Waals surface area contributed by atoms with Crippen LogP contribution in [0.2, 0.25) is 0 Å². The monoisotopic (exact) mass is 339 g/mol. The third kappa shape index (κ3) is 3.40. The van der Waals surface area contributed by atoms with Crippen LogP contribution in [0.5, 0.6) is 0 Å². The van der Waals surface area contributed by atoms with Crippen molar-refractivity contribution in [1.29, 1.82) is 0 Å². The lowest BCUT2D eigenvalue weighted by Gasteiger charge is -2.20. The molecule has 1 aromatic heterocycles. The number of H-pyrrole nitrogens is 1. The molecule has 0 fully saturated rings. The Morgan fingerprint density at radius 1 is 1.17 bits per heavy atom. The van der Waals surface area contributed by atoms with E-state index in [1.807, 2.05) is 37.4 Å². The van der Waals surface area contributed by atoms with E-state index >= 15 is 0 Å². The number of hydrogen-bond acceptors (Lipinski definition) is 2. The molecule has 0 saturated heterocycles. The van der Waals surface area contributed by atoms with Gasteiger partial charge in [0.1, 0.15) is 12.6 Å². The molecule has 0 spiro atoms. The number of carbonyl (C=O) groups excluding carboxylic acids is 1. The fourth-order valence-electron chi connectivity index (χ4n) is 2.95. The van der Waals surface area contributed by atoms with Crippen LogP contribution in [-0.2, 0) is 6.54 Å². The van der Waals surface area contributed by atoms with Crippen molar-refractivity contribution in [2.24, 2.45) is 0 Å². The van der Waals surface area contributed by atoms with Crippen LogP contribution in [0.15, 0.2) is 59.6 Å². The van der Waals surface area contributed by atoms with Crippen LogP contribution in [0.1, 0.15) is 22.8 Å². The molecule has 3 nitrogen and oxygen atoms in total. The van der Waals surface area contributed by atoms with Crippen molar-refractivity contribution in [2.75, 3.05) is 13.3 Å². The quantitative estimate of drug-likeness (QED) is 0.535. The molecule has 0 aliphatic heterocycles. The van der Waals surface area contributed by atoms with Gasteiger partial charge in [0.25, 0.3) is 0 Å². The summed E-state index contributed by atoms with van der Waals surface area (Å²) >= 11 is 1.74. The maximum Gasteiger partial charge on any atom is 0.221 e. The molecule has 124 valence electrons. The topological polar surface area (TPSA) is 37.3 Å². The highest BCUT2D eigenvalue weighted by Crippen LogP contribution is 2.19. The molecule has 3 rings (SSSR count). The molecule has 2 atom stereocenters. The highest BCUT2D eigenvalue weighted by Gasteiger charge is 2.25. The number of hydrogen-bond donors (Lipinski definition) is 2. The Labute approximate surface area is 147 Å². The zero-order valence-electron chi connectivity index (χ0n) is 14.3. The summed E-state index contributed by atoms with van der Waals surface area (Å²) in [5.74, 6) is 0.186. The molecule has 0 radical (unpaired) electrons. The van der Waals surface area contributed by atoms with Gasteiger partial charge in [0, 0.05) is 33.1 Å². The van der Waals surface area contributed by atoms with Crippen molar-refractivity contribution in [3.8, 4) is 0 Å². The molecule has 0 aliphatic rings. The van der Waals surface area contributed by atoms with E-state index in [9.17, 15) is 4.79 Å². The Hall–Kier alpha value is -2.04. The van der Waals surface area contributed by atoms with E-state index in [-0.39, 0.29) is 11.8 Å². The van der Waals surface area contributed by atoms with E-state index in [2.05, 4.69) is 42.6 Å². The van der Waals surface area contributed by atoms with Gasteiger partial charge in [-0.2, -0.15) is 0 Å². The van der Waals surface area contributed by atoms with Crippen molar-refractivity contribution in [2.45, 2.75) is 24.4 Å². The van der Waals surface area contributed by atoms with E-state index < -0.39 is 0 Å². The minimum absolute atomic E-state index is 0.0931. The summed E-state index contributed by atoms with van der Waals surface area (Å²) in [5, 5.41) is 1.01. The van der Waals surface area contributed by atoms with Crippen molar-refractivity contribution >= 4 is 28.4 Å². The summed E-state index contributed by atoms with van der Waals surface area (Å²) in [6.45, 7) is 2.85. The highest BCUT2D eigenvalue weighted by molar-refractivity contribution is 7.98. The summed E-state index contributed by atoms with van der Waals surface area (Å²) in [6, 6.07) is 16.4. The normalized spacial score (nSPS) is 13.8. The van der Waals surface area contributed by atoms with Crippen LogP contribution in [0, 0.1) is 0 Å². The molecule has 24 heavy (non-hydrogen) atoms. The highest BCUT2D eigenvalue weighted by atomic mass is 32.2. The van der Waals surface area contributed by atoms with E-state index in [0.717, 1.165) is 23.0 Å². The Kier molecular flexibility index (Phi) is 5.07. The second kappa shape index (κ2) is 7.24. The van der Waals surface area contributed by atoms with Gasteiger partial charge in [0.05, 0.1) is 7.05 Å². The number of para-hydroxylation sites is 1. The molecule has 2 aromatic carbocycles.